The van der Waals surface area contributed by atoms with Crippen LogP contribution in [-0.2, 0) is 17.8 Å². The van der Waals surface area contributed by atoms with Gasteiger partial charge in [-0.15, -0.1) is 11.3 Å². The van der Waals surface area contributed by atoms with Crippen LogP contribution >= 0.6 is 11.3 Å². The molecule has 6 nitrogen and oxygen atoms in total. The third-order valence-electron chi connectivity index (χ3n) is 6.10. The molecule has 1 N–H and O–H groups in total. The van der Waals surface area contributed by atoms with E-state index in [1.165, 1.54) is 23.5 Å². The van der Waals surface area contributed by atoms with E-state index in [4.69, 9.17) is 4.74 Å². The van der Waals surface area contributed by atoms with Crippen molar-refractivity contribution in [2.75, 3.05) is 13.1 Å². The van der Waals surface area contributed by atoms with Gasteiger partial charge in [0.2, 0.25) is 5.91 Å². The molecule has 0 radical (unpaired) electrons. The van der Waals surface area contributed by atoms with Crippen LogP contribution in [0.15, 0.2) is 47.8 Å². The van der Waals surface area contributed by atoms with Crippen molar-refractivity contribution in [3.05, 3.63) is 81.1 Å². The Balaban J connectivity index is 1.56. The Labute approximate surface area is 215 Å². The molecule has 0 aliphatic carbocycles. The second-order valence-electron chi connectivity index (χ2n) is 9.77. The van der Waals surface area contributed by atoms with E-state index in [1.54, 1.807) is 11.4 Å². The van der Waals surface area contributed by atoms with E-state index >= 15 is 0 Å². The number of nitrogens with zero attached hydrogens (tertiary/aromatic N) is 2. The van der Waals surface area contributed by atoms with E-state index in [0.29, 0.717) is 35.5 Å². The van der Waals surface area contributed by atoms with Crippen molar-refractivity contribution < 1.29 is 18.7 Å². The maximum atomic E-state index is 14.2. The van der Waals surface area contributed by atoms with Gasteiger partial charge in [-0.1, -0.05) is 45.9 Å². The van der Waals surface area contributed by atoms with Crippen molar-refractivity contribution in [2.45, 2.75) is 46.8 Å². The highest BCUT2D eigenvalue weighted by Gasteiger charge is 2.33. The minimum atomic E-state index is -0.390. The van der Waals surface area contributed by atoms with Crippen LogP contribution in [0.25, 0.3) is 0 Å². The highest BCUT2D eigenvalue weighted by molar-refractivity contribution is 7.09. The largest absolute Gasteiger partial charge is 0.486 e. The number of carbonyl (C=O) groups is 2. The molecular formula is C28H32FN3O3S. The molecule has 1 atom stereocenters. The molecule has 1 unspecified atom stereocenters. The topological polar surface area (TPSA) is 71.5 Å². The summed E-state index contributed by atoms with van der Waals surface area (Å²) in [5, 5.41) is 5.30. The van der Waals surface area contributed by atoms with Crippen molar-refractivity contribution in [1.82, 2.24) is 15.2 Å². The van der Waals surface area contributed by atoms with Crippen LogP contribution in [0.5, 0.6) is 5.75 Å². The molecule has 0 fully saturated rings. The van der Waals surface area contributed by atoms with Crippen LogP contribution < -0.4 is 10.1 Å². The van der Waals surface area contributed by atoms with E-state index in [2.05, 4.69) is 10.3 Å². The first-order valence-electron chi connectivity index (χ1n) is 12.3. The standard InChI is InChI=1S/C28H32FN3O3S/c1-17(2)14-30-27(33)24-16-36-25(31-24)15-35-22-9-8-19-10-11-32(28(34)18(3)4)26(23(19)13-22)20-6-5-7-21(29)12-20/h5-9,12-13,16-18,26H,10-11,14-15H2,1-4H3,(H,30,33). The van der Waals surface area contributed by atoms with E-state index in [-0.39, 0.29) is 36.2 Å². The zero-order valence-electron chi connectivity index (χ0n) is 21.1. The summed E-state index contributed by atoms with van der Waals surface area (Å²) in [6, 6.07) is 11.9. The summed E-state index contributed by atoms with van der Waals surface area (Å²) >= 11 is 1.38. The number of fused-ring (bicyclic) bond motifs is 1. The Bertz CT molecular complexity index is 1240. The molecule has 2 heterocycles. The number of ether oxygens (including phenoxy) is 1. The van der Waals surface area contributed by atoms with E-state index < -0.39 is 0 Å². The molecule has 3 aromatic rings. The Morgan fingerprint density at radius 1 is 1.19 bits per heavy atom. The van der Waals surface area contributed by atoms with Gasteiger partial charge in [-0.05, 0) is 53.3 Å². The predicted octanol–water partition coefficient (Wildman–Crippen LogP) is 5.38. The second-order valence-corrected chi connectivity index (χ2v) is 10.7. The lowest BCUT2D eigenvalue weighted by Gasteiger charge is -2.39. The number of thiazole rings is 1. The number of amides is 2. The second kappa shape index (κ2) is 11.2. The highest BCUT2D eigenvalue weighted by atomic mass is 32.1. The maximum absolute atomic E-state index is 14.2. The van der Waals surface area contributed by atoms with Gasteiger partial charge in [-0.25, -0.2) is 9.37 Å². The normalized spacial score (nSPS) is 15.2. The monoisotopic (exact) mass is 509 g/mol. The molecule has 2 amide bonds. The molecule has 0 saturated heterocycles. The van der Waals surface area contributed by atoms with Crippen molar-refractivity contribution in [3.8, 4) is 5.75 Å². The van der Waals surface area contributed by atoms with Gasteiger partial charge in [-0.2, -0.15) is 0 Å². The van der Waals surface area contributed by atoms with Gasteiger partial charge < -0.3 is 15.0 Å². The van der Waals surface area contributed by atoms with E-state index in [9.17, 15) is 14.0 Å². The predicted molar refractivity (Wildman–Crippen MR) is 139 cm³/mol. The van der Waals surface area contributed by atoms with E-state index in [0.717, 1.165) is 23.1 Å². The van der Waals surface area contributed by atoms with Crippen LogP contribution in [0, 0.1) is 17.7 Å². The third kappa shape index (κ3) is 5.93. The van der Waals surface area contributed by atoms with Gasteiger partial charge in [0.1, 0.15) is 28.9 Å². The van der Waals surface area contributed by atoms with Gasteiger partial charge in [-0.3, -0.25) is 9.59 Å². The first-order valence-corrected chi connectivity index (χ1v) is 13.1. The molecule has 0 bridgehead atoms. The van der Waals surface area contributed by atoms with Crippen LogP contribution in [0.2, 0.25) is 0 Å². The molecule has 36 heavy (non-hydrogen) atoms. The molecule has 4 rings (SSSR count). The summed E-state index contributed by atoms with van der Waals surface area (Å²) in [6.07, 6.45) is 0.723. The average molecular weight is 510 g/mol. The van der Waals surface area contributed by atoms with Crippen molar-refractivity contribution in [1.29, 1.82) is 0 Å². The Morgan fingerprint density at radius 3 is 2.72 bits per heavy atom. The molecule has 2 aromatic carbocycles. The van der Waals surface area contributed by atoms with Crippen molar-refractivity contribution >= 4 is 23.2 Å². The van der Waals surface area contributed by atoms with Crippen LogP contribution in [0.4, 0.5) is 4.39 Å². The number of rotatable bonds is 8. The third-order valence-corrected chi connectivity index (χ3v) is 6.93. The number of carbonyl (C=O) groups excluding carboxylic acids is 2. The summed E-state index contributed by atoms with van der Waals surface area (Å²) in [5.41, 5.74) is 3.17. The lowest BCUT2D eigenvalue weighted by atomic mass is 9.87. The summed E-state index contributed by atoms with van der Waals surface area (Å²) in [5.74, 6) is 0.345. The zero-order chi connectivity index (χ0) is 25.8. The number of halogens is 1. The zero-order valence-corrected chi connectivity index (χ0v) is 21.9. The van der Waals surface area contributed by atoms with Crippen molar-refractivity contribution in [2.24, 2.45) is 11.8 Å². The number of aromatic nitrogens is 1. The first kappa shape index (κ1) is 25.8. The Kier molecular flexibility index (Phi) is 8.04. The molecule has 8 heteroatoms. The lowest BCUT2D eigenvalue weighted by Crippen LogP contribution is -2.42. The molecule has 1 aromatic heterocycles. The van der Waals surface area contributed by atoms with Crippen LogP contribution in [-0.4, -0.2) is 34.8 Å². The number of hydrogen-bond acceptors (Lipinski definition) is 5. The molecule has 190 valence electrons. The Morgan fingerprint density at radius 2 is 2.00 bits per heavy atom. The molecule has 0 spiro atoms. The fourth-order valence-corrected chi connectivity index (χ4v) is 4.99. The fraction of sp³-hybridized carbons (Fsp3) is 0.393. The van der Waals surface area contributed by atoms with Gasteiger partial charge >= 0.3 is 0 Å². The minimum Gasteiger partial charge on any atom is -0.486 e. The fourth-order valence-electron chi connectivity index (χ4n) is 4.30. The maximum Gasteiger partial charge on any atom is 0.270 e. The quantitative estimate of drug-likeness (QED) is 0.443. The van der Waals surface area contributed by atoms with Gasteiger partial charge in [0.05, 0.1) is 6.04 Å². The number of hydrogen-bond donors (Lipinski definition) is 1. The molecule has 1 aliphatic rings. The van der Waals surface area contributed by atoms with E-state index in [1.807, 2.05) is 56.9 Å². The summed E-state index contributed by atoms with van der Waals surface area (Å²) in [7, 11) is 0. The summed E-state index contributed by atoms with van der Waals surface area (Å²) in [4.78, 5) is 31.6. The van der Waals surface area contributed by atoms with Crippen LogP contribution in [0.1, 0.15) is 65.9 Å². The Hall–Kier alpha value is -3.26. The van der Waals surface area contributed by atoms with Crippen LogP contribution in [0.3, 0.4) is 0 Å². The summed E-state index contributed by atoms with van der Waals surface area (Å²) < 4.78 is 20.2. The average Bonchev–Trinajstić information content (AvgIpc) is 3.34. The minimum absolute atomic E-state index is 0.0345. The van der Waals surface area contributed by atoms with Crippen molar-refractivity contribution in [3.63, 3.8) is 0 Å². The highest BCUT2D eigenvalue weighted by Crippen LogP contribution is 2.38. The van der Waals surface area contributed by atoms with Gasteiger partial charge in [0, 0.05) is 24.4 Å². The lowest BCUT2D eigenvalue weighted by molar-refractivity contribution is -0.136. The molecule has 0 saturated carbocycles. The molecule has 1 aliphatic heterocycles. The summed E-state index contributed by atoms with van der Waals surface area (Å²) in [6.45, 7) is 9.23. The number of benzene rings is 2. The first-order chi connectivity index (χ1) is 17.2. The van der Waals surface area contributed by atoms with Gasteiger partial charge in [0.25, 0.3) is 5.91 Å². The van der Waals surface area contributed by atoms with Gasteiger partial charge in [0.15, 0.2) is 0 Å². The number of nitrogens with one attached hydrogen (secondary N) is 1. The molecular weight excluding hydrogens is 477 g/mol. The SMILES string of the molecule is CC(C)CNC(=O)c1csc(COc2ccc3c(c2)C(c2cccc(F)c2)N(C(=O)C(C)C)CC3)n1. The smallest absolute Gasteiger partial charge is 0.270 e.